The van der Waals surface area contributed by atoms with E-state index in [0.29, 0.717) is 18.8 Å². The van der Waals surface area contributed by atoms with E-state index >= 15 is 0 Å². The Morgan fingerprint density at radius 3 is 3.20 bits per heavy atom. The Hall–Kier alpha value is -1.56. The molecule has 0 spiro atoms. The second-order valence-corrected chi connectivity index (χ2v) is 5.17. The molecule has 1 saturated heterocycles. The Morgan fingerprint density at radius 2 is 2.50 bits per heavy atom. The van der Waals surface area contributed by atoms with Crippen molar-refractivity contribution in [3.05, 3.63) is 17.5 Å². The molecule has 1 N–H and O–H groups in total. The van der Waals surface area contributed by atoms with E-state index in [0.717, 1.165) is 38.1 Å². The Kier molecular flexibility index (Phi) is 5.40. The number of likely N-dealkylation sites (tertiary alicyclic amines) is 1. The molecule has 2 heterocycles. The Labute approximate surface area is 119 Å². The van der Waals surface area contributed by atoms with Crippen LogP contribution in [-0.4, -0.2) is 41.9 Å². The Morgan fingerprint density at radius 1 is 1.65 bits per heavy atom. The predicted octanol–water partition coefficient (Wildman–Crippen LogP) is 2.08. The molecule has 1 fully saturated rings. The Balaban J connectivity index is 1.76. The number of hydrogen-bond acceptors (Lipinski definition) is 4. The van der Waals surface area contributed by atoms with E-state index in [1.165, 1.54) is 0 Å². The van der Waals surface area contributed by atoms with Crippen molar-refractivity contribution in [2.24, 2.45) is 0 Å². The third-order valence-electron chi connectivity index (χ3n) is 3.31. The molecule has 1 aromatic heterocycles. The minimum absolute atomic E-state index is 0.0659. The van der Waals surface area contributed by atoms with Gasteiger partial charge in [0.1, 0.15) is 0 Å². The van der Waals surface area contributed by atoms with E-state index in [2.05, 4.69) is 17.4 Å². The third-order valence-corrected chi connectivity index (χ3v) is 3.31. The summed E-state index contributed by atoms with van der Waals surface area (Å²) in [5.74, 6) is 0.673. The summed E-state index contributed by atoms with van der Waals surface area (Å²) in [6.07, 6.45) is 3.20. The quantitative estimate of drug-likeness (QED) is 0.897. The summed E-state index contributed by atoms with van der Waals surface area (Å²) in [5.41, 5.74) is 0.820. The number of nitrogens with one attached hydrogen (secondary N) is 1. The number of rotatable bonds is 5. The molecule has 6 heteroatoms. The zero-order chi connectivity index (χ0) is 14.4. The number of nitrogens with zero attached hydrogens (tertiary/aromatic N) is 2. The minimum atomic E-state index is -0.0659. The van der Waals surface area contributed by atoms with Crippen LogP contribution in [0.5, 0.6) is 0 Å². The molecule has 1 aromatic rings. The predicted molar refractivity (Wildman–Crippen MR) is 74.3 cm³/mol. The molecule has 2 rings (SSSR count). The van der Waals surface area contributed by atoms with Crippen molar-refractivity contribution in [1.29, 1.82) is 0 Å². The van der Waals surface area contributed by atoms with Crippen LogP contribution in [-0.2, 0) is 11.3 Å². The van der Waals surface area contributed by atoms with Crippen LogP contribution >= 0.6 is 0 Å². The first kappa shape index (κ1) is 14.8. The number of amides is 2. The molecule has 1 aliphatic rings. The van der Waals surface area contributed by atoms with Crippen molar-refractivity contribution in [2.75, 3.05) is 19.7 Å². The smallest absolute Gasteiger partial charge is 0.317 e. The first-order valence-corrected chi connectivity index (χ1v) is 7.25. The van der Waals surface area contributed by atoms with Crippen molar-refractivity contribution in [3.63, 3.8) is 0 Å². The van der Waals surface area contributed by atoms with Crippen molar-refractivity contribution in [3.8, 4) is 0 Å². The van der Waals surface area contributed by atoms with E-state index in [4.69, 9.17) is 9.26 Å². The average Bonchev–Trinajstić information content (AvgIpc) is 2.88. The summed E-state index contributed by atoms with van der Waals surface area (Å²) < 4.78 is 10.8. The summed E-state index contributed by atoms with van der Waals surface area (Å²) in [5, 5.41) is 6.65. The number of ether oxygens (including phenoxy) is 1. The molecule has 0 aromatic carbocycles. The van der Waals surface area contributed by atoms with Crippen molar-refractivity contribution in [1.82, 2.24) is 15.4 Å². The molecule has 0 bridgehead atoms. The summed E-state index contributed by atoms with van der Waals surface area (Å²) in [7, 11) is 0. The summed E-state index contributed by atoms with van der Waals surface area (Å²) >= 11 is 0. The number of aryl methyl sites for hydroxylation is 1. The highest BCUT2D eigenvalue weighted by molar-refractivity contribution is 5.74. The van der Waals surface area contributed by atoms with Gasteiger partial charge in [0.15, 0.2) is 5.76 Å². The fourth-order valence-electron chi connectivity index (χ4n) is 2.32. The first-order valence-electron chi connectivity index (χ1n) is 7.25. The second kappa shape index (κ2) is 7.28. The van der Waals surface area contributed by atoms with Gasteiger partial charge >= 0.3 is 6.03 Å². The van der Waals surface area contributed by atoms with Crippen LogP contribution in [0.2, 0.25) is 0 Å². The second-order valence-electron chi connectivity index (χ2n) is 5.17. The van der Waals surface area contributed by atoms with Crippen LogP contribution < -0.4 is 5.32 Å². The van der Waals surface area contributed by atoms with Crippen LogP contribution in [0.3, 0.4) is 0 Å². The molecular formula is C14H23N3O3. The molecular weight excluding hydrogens is 258 g/mol. The van der Waals surface area contributed by atoms with Crippen LogP contribution in [0.4, 0.5) is 4.79 Å². The zero-order valence-electron chi connectivity index (χ0n) is 12.2. The van der Waals surface area contributed by atoms with Crippen molar-refractivity contribution < 1.29 is 14.1 Å². The van der Waals surface area contributed by atoms with Gasteiger partial charge in [0.2, 0.25) is 0 Å². The molecule has 0 radical (unpaired) electrons. The number of carbonyl (C=O) groups excluding carboxylic acids is 1. The molecule has 20 heavy (non-hydrogen) atoms. The van der Waals surface area contributed by atoms with Crippen LogP contribution in [0.15, 0.2) is 10.6 Å². The van der Waals surface area contributed by atoms with E-state index in [-0.39, 0.29) is 12.1 Å². The van der Waals surface area contributed by atoms with Gasteiger partial charge in [-0.2, -0.15) is 0 Å². The molecule has 2 amide bonds. The van der Waals surface area contributed by atoms with Gasteiger partial charge in [-0.3, -0.25) is 0 Å². The van der Waals surface area contributed by atoms with Crippen LogP contribution in [0, 0.1) is 6.92 Å². The van der Waals surface area contributed by atoms with Gasteiger partial charge in [0.05, 0.1) is 18.3 Å². The van der Waals surface area contributed by atoms with Crippen LogP contribution in [0.1, 0.15) is 37.6 Å². The van der Waals surface area contributed by atoms with E-state index in [9.17, 15) is 4.79 Å². The minimum Gasteiger partial charge on any atom is -0.376 e. The van der Waals surface area contributed by atoms with E-state index in [1.54, 1.807) is 0 Å². The fraction of sp³-hybridized carbons (Fsp3) is 0.714. The van der Waals surface area contributed by atoms with Gasteiger partial charge in [-0.05, 0) is 26.2 Å². The number of hydrogen-bond donors (Lipinski definition) is 1. The molecule has 112 valence electrons. The van der Waals surface area contributed by atoms with Gasteiger partial charge in [-0.15, -0.1) is 0 Å². The van der Waals surface area contributed by atoms with Crippen LogP contribution in [0.25, 0.3) is 0 Å². The molecule has 1 atom stereocenters. The lowest BCUT2D eigenvalue weighted by molar-refractivity contribution is 0.00996. The van der Waals surface area contributed by atoms with Gasteiger partial charge in [-0.25, -0.2) is 4.79 Å². The van der Waals surface area contributed by atoms with E-state index < -0.39 is 0 Å². The first-order chi connectivity index (χ1) is 9.69. The maximum Gasteiger partial charge on any atom is 0.317 e. The fourth-order valence-corrected chi connectivity index (χ4v) is 2.32. The SMILES string of the molecule is CCCO[C@H]1CCCN(C(=O)NCc2cc(C)no2)C1. The normalized spacial score (nSPS) is 19.1. The van der Waals surface area contributed by atoms with Gasteiger partial charge in [-0.1, -0.05) is 12.1 Å². The van der Waals surface area contributed by atoms with E-state index in [1.807, 2.05) is 17.9 Å². The van der Waals surface area contributed by atoms with Gasteiger partial charge in [0.25, 0.3) is 0 Å². The van der Waals surface area contributed by atoms with Crippen molar-refractivity contribution in [2.45, 2.75) is 45.8 Å². The Bertz CT molecular complexity index is 433. The summed E-state index contributed by atoms with van der Waals surface area (Å²) in [4.78, 5) is 13.9. The topological polar surface area (TPSA) is 67.6 Å². The monoisotopic (exact) mass is 281 g/mol. The molecule has 0 unspecified atom stereocenters. The number of urea groups is 1. The van der Waals surface area contributed by atoms with Gasteiger partial charge < -0.3 is 19.5 Å². The van der Waals surface area contributed by atoms with Crippen molar-refractivity contribution >= 4 is 6.03 Å². The van der Waals surface area contributed by atoms with Gasteiger partial charge in [0, 0.05) is 25.8 Å². The largest absolute Gasteiger partial charge is 0.376 e. The molecule has 1 aliphatic heterocycles. The standard InChI is InChI=1S/C14H23N3O3/c1-3-7-19-12-5-4-6-17(10-12)14(18)15-9-13-8-11(2)16-20-13/h8,12H,3-7,9-10H2,1-2H3,(H,15,18)/t12-/m0/s1. The summed E-state index contributed by atoms with van der Waals surface area (Å²) in [6, 6.07) is 1.76. The molecule has 6 nitrogen and oxygen atoms in total. The summed E-state index contributed by atoms with van der Waals surface area (Å²) in [6.45, 7) is 6.53. The average molecular weight is 281 g/mol. The molecule has 0 aliphatic carbocycles. The maximum atomic E-state index is 12.1. The highest BCUT2D eigenvalue weighted by atomic mass is 16.5. The zero-order valence-corrected chi connectivity index (χ0v) is 12.2. The lowest BCUT2D eigenvalue weighted by Crippen LogP contribution is -2.47. The number of aromatic nitrogens is 1. The third kappa shape index (κ3) is 4.23. The number of piperidine rings is 1. The lowest BCUT2D eigenvalue weighted by Gasteiger charge is -2.32. The highest BCUT2D eigenvalue weighted by Gasteiger charge is 2.23. The lowest BCUT2D eigenvalue weighted by atomic mass is 10.1. The number of carbonyl (C=O) groups is 1. The maximum absolute atomic E-state index is 12.1. The molecule has 0 saturated carbocycles. The highest BCUT2D eigenvalue weighted by Crippen LogP contribution is 2.13.